The lowest BCUT2D eigenvalue weighted by Crippen LogP contribution is -2.50. The zero-order valence-electron chi connectivity index (χ0n) is 13.8. The molecular formula is C18H19F3N3O+. The maximum Gasteiger partial charge on any atom is 0.419 e. The third-order valence-electron chi connectivity index (χ3n) is 4.41. The van der Waals surface area contributed by atoms with Gasteiger partial charge in [-0.05, 0) is 24.6 Å². The van der Waals surface area contributed by atoms with Crippen LogP contribution in [0.25, 0.3) is 0 Å². The smallest absolute Gasteiger partial charge is 0.331 e. The van der Waals surface area contributed by atoms with Crippen molar-refractivity contribution in [2.45, 2.75) is 13.1 Å². The van der Waals surface area contributed by atoms with E-state index in [2.05, 4.69) is 4.98 Å². The second-order valence-corrected chi connectivity index (χ2v) is 6.05. The lowest BCUT2D eigenvalue weighted by molar-refractivity contribution is -0.367. The van der Waals surface area contributed by atoms with E-state index in [-0.39, 0.29) is 5.91 Å². The van der Waals surface area contributed by atoms with E-state index >= 15 is 0 Å². The first-order valence-corrected chi connectivity index (χ1v) is 8.05. The van der Waals surface area contributed by atoms with Crippen LogP contribution in [0, 0.1) is 6.92 Å². The van der Waals surface area contributed by atoms with Gasteiger partial charge in [0.15, 0.2) is 0 Å². The van der Waals surface area contributed by atoms with Crippen LogP contribution in [0.1, 0.15) is 21.5 Å². The molecule has 132 valence electrons. The number of pyridine rings is 1. The van der Waals surface area contributed by atoms with Crippen molar-refractivity contribution in [1.29, 1.82) is 0 Å². The number of benzene rings is 1. The van der Waals surface area contributed by atoms with E-state index in [1.54, 1.807) is 4.90 Å². The number of alkyl halides is 3. The fourth-order valence-corrected chi connectivity index (χ4v) is 2.92. The van der Waals surface area contributed by atoms with Gasteiger partial charge in [0.1, 0.15) is 19.3 Å². The highest BCUT2D eigenvalue weighted by Gasteiger charge is 2.33. The normalized spacial score (nSPS) is 15.4. The molecule has 0 radical (unpaired) electrons. The van der Waals surface area contributed by atoms with Crippen LogP contribution in [0.3, 0.4) is 0 Å². The fraction of sp³-hybridized carbons (Fsp3) is 0.333. The summed E-state index contributed by atoms with van der Waals surface area (Å²) in [6.45, 7) is 4.10. The predicted octanol–water partition coefficient (Wildman–Crippen LogP) is 2.79. The molecular weight excluding hydrogens is 331 g/mol. The molecule has 0 saturated carbocycles. The van der Waals surface area contributed by atoms with Crippen LogP contribution < -0.4 is 9.88 Å². The minimum Gasteiger partial charge on any atom is -0.331 e. The van der Waals surface area contributed by atoms with E-state index in [4.69, 9.17) is 0 Å². The molecule has 2 heterocycles. The molecule has 4 nitrogen and oxygen atoms in total. The van der Waals surface area contributed by atoms with Gasteiger partial charge in [-0.1, -0.05) is 18.2 Å². The first-order chi connectivity index (χ1) is 11.9. The van der Waals surface area contributed by atoms with Gasteiger partial charge in [-0.15, -0.1) is 0 Å². The molecule has 1 N–H and O–H groups in total. The molecule has 1 amide bonds. The second kappa shape index (κ2) is 6.74. The van der Waals surface area contributed by atoms with Crippen LogP contribution in [0.5, 0.6) is 0 Å². The van der Waals surface area contributed by atoms with Crippen molar-refractivity contribution in [1.82, 2.24) is 4.90 Å². The van der Waals surface area contributed by atoms with Crippen molar-refractivity contribution in [3.63, 3.8) is 0 Å². The average molecular weight is 350 g/mol. The Bertz CT molecular complexity index is 751. The van der Waals surface area contributed by atoms with Gasteiger partial charge in [0.05, 0.1) is 18.7 Å². The number of nitrogens with one attached hydrogen (secondary N) is 1. The average Bonchev–Trinajstić information content (AvgIpc) is 2.61. The van der Waals surface area contributed by atoms with Crippen molar-refractivity contribution < 1.29 is 22.9 Å². The summed E-state index contributed by atoms with van der Waals surface area (Å²) < 4.78 is 37.9. The van der Waals surface area contributed by atoms with Gasteiger partial charge in [0.25, 0.3) is 11.7 Å². The molecule has 1 aromatic carbocycles. The number of rotatable bonds is 2. The van der Waals surface area contributed by atoms with E-state index in [1.807, 2.05) is 36.1 Å². The molecule has 1 saturated heterocycles. The first-order valence-electron chi connectivity index (χ1n) is 8.05. The summed E-state index contributed by atoms with van der Waals surface area (Å²) in [6.07, 6.45) is -3.38. The number of carbonyl (C=O) groups excluding carboxylic acids is 1. The number of hydrogen-bond donors (Lipinski definition) is 0. The predicted molar refractivity (Wildman–Crippen MR) is 87.3 cm³/mol. The lowest BCUT2D eigenvalue weighted by Gasteiger charge is -2.31. The highest BCUT2D eigenvalue weighted by molar-refractivity contribution is 5.95. The van der Waals surface area contributed by atoms with Crippen molar-refractivity contribution >= 4 is 11.7 Å². The molecule has 1 aromatic heterocycles. The van der Waals surface area contributed by atoms with Crippen molar-refractivity contribution in [3.05, 3.63) is 59.3 Å². The van der Waals surface area contributed by atoms with E-state index in [1.165, 1.54) is 6.07 Å². The number of halogens is 3. The summed E-state index contributed by atoms with van der Waals surface area (Å²) in [5.74, 6) is 0.616. The summed E-state index contributed by atoms with van der Waals surface area (Å²) in [4.78, 5) is 19.0. The Hall–Kier alpha value is -2.57. The highest BCUT2D eigenvalue weighted by Crippen LogP contribution is 2.28. The molecule has 7 heteroatoms. The van der Waals surface area contributed by atoms with Crippen LogP contribution in [0.15, 0.2) is 42.6 Å². The minimum atomic E-state index is -4.35. The number of carbonyl (C=O) groups is 1. The highest BCUT2D eigenvalue weighted by atomic mass is 19.4. The van der Waals surface area contributed by atoms with E-state index in [0.29, 0.717) is 37.6 Å². The molecule has 0 spiro atoms. The summed E-state index contributed by atoms with van der Waals surface area (Å²) in [6, 6.07) is 9.95. The molecule has 25 heavy (non-hydrogen) atoms. The van der Waals surface area contributed by atoms with E-state index in [0.717, 1.165) is 17.8 Å². The SMILES string of the molecule is Cc1ccccc1C(=O)N1CCN(c2ccc(C(F)(F)F)c[nH+]2)CC1. The number of aryl methyl sites for hydroxylation is 1. The van der Waals surface area contributed by atoms with Gasteiger partial charge in [0.2, 0.25) is 0 Å². The fourth-order valence-electron chi connectivity index (χ4n) is 2.92. The van der Waals surface area contributed by atoms with Gasteiger partial charge in [-0.25, -0.2) is 4.98 Å². The molecule has 1 aliphatic heterocycles. The van der Waals surface area contributed by atoms with Crippen LogP contribution in [0.2, 0.25) is 0 Å². The summed E-state index contributed by atoms with van der Waals surface area (Å²) in [7, 11) is 0. The molecule has 1 fully saturated rings. The number of piperazine rings is 1. The maximum absolute atomic E-state index is 12.6. The van der Waals surface area contributed by atoms with Crippen LogP contribution >= 0.6 is 0 Å². The third-order valence-corrected chi connectivity index (χ3v) is 4.41. The van der Waals surface area contributed by atoms with Crippen LogP contribution in [-0.2, 0) is 6.18 Å². The van der Waals surface area contributed by atoms with Crippen LogP contribution in [-0.4, -0.2) is 37.0 Å². The second-order valence-electron chi connectivity index (χ2n) is 6.05. The van der Waals surface area contributed by atoms with Crippen molar-refractivity contribution in [2.24, 2.45) is 0 Å². The zero-order valence-corrected chi connectivity index (χ0v) is 13.8. The number of anilines is 1. The first kappa shape index (κ1) is 17.3. The Morgan fingerprint density at radius 3 is 2.28 bits per heavy atom. The van der Waals surface area contributed by atoms with Gasteiger partial charge >= 0.3 is 6.18 Å². The summed E-state index contributed by atoms with van der Waals surface area (Å²) in [5.41, 5.74) is 0.924. The number of aromatic nitrogens is 1. The van der Waals surface area contributed by atoms with E-state index in [9.17, 15) is 18.0 Å². The Kier molecular flexibility index (Phi) is 4.65. The lowest BCUT2D eigenvalue weighted by atomic mass is 10.1. The summed E-state index contributed by atoms with van der Waals surface area (Å²) in [5, 5.41) is 0. The number of hydrogen-bond acceptors (Lipinski definition) is 2. The van der Waals surface area contributed by atoms with Gasteiger partial charge in [-0.3, -0.25) is 9.69 Å². The molecule has 0 aliphatic carbocycles. The quantitative estimate of drug-likeness (QED) is 0.835. The Morgan fingerprint density at radius 2 is 1.72 bits per heavy atom. The molecule has 0 bridgehead atoms. The molecule has 2 aromatic rings. The van der Waals surface area contributed by atoms with Crippen LogP contribution in [0.4, 0.5) is 19.0 Å². The third kappa shape index (κ3) is 3.75. The summed E-state index contributed by atoms with van der Waals surface area (Å²) >= 11 is 0. The largest absolute Gasteiger partial charge is 0.419 e. The topological polar surface area (TPSA) is 37.7 Å². The number of amides is 1. The molecule has 1 aliphatic rings. The molecule has 0 unspecified atom stereocenters. The van der Waals surface area contributed by atoms with Gasteiger partial charge in [-0.2, -0.15) is 13.2 Å². The van der Waals surface area contributed by atoms with E-state index < -0.39 is 11.7 Å². The number of aromatic amines is 1. The Labute approximate surface area is 143 Å². The Balaban J connectivity index is 1.64. The number of nitrogens with zero attached hydrogens (tertiary/aromatic N) is 2. The minimum absolute atomic E-state index is 0.00542. The molecule has 0 atom stereocenters. The standard InChI is InChI=1S/C18H18F3N3O/c1-13-4-2-3-5-15(13)17(25)24-10-8-23(9-11-24)16-7-6-14(12-22-16)18(19,20)21/h2-7,12H,8-11H2,1H3/p+1. The molecule has 3 rings (SSSR count). The zero-order chi connectivity index (χ0) is 18.0. The van der Waals surface area contributed by atoms with Crippen molar-refractivity contribution in [2.75, 3.05) is 31.1 Å². The van der Waals surface area contributed by atoms with Crippen molar-refractivity contribution in [3.8, 4) is 0 Å². The Morgan fingerprint density at radius 1 is 1.04 bits per heavy atom. The number of H-pyrrole nitrogens is 1. The van der Waals surface area contributed by atoms with Gasteiger partial charge < -0.3 is 4.90 Å². The van der Waals surface area contributed by atoms with Gasteiger partial charge in [0, 0.05) is 11.6 Å². The maximum atomic E-state index is 12.6. The monoisotopic (exact) mass is 350 g/mol.